The van der Waals surface area contributed by atoms with E-state index >= 15 is 0 Å². The number of carbonyl (C=O) groups is 1. The summed E-state index contributed by atoms with van der Waals surface area (Å²) in [6.45, 7) is -4.45. The summed E-state index contributed by atoms with van der Waals surface area (Å²) in [5, 5.41) is 2.57. The fourth-order valence-corrected chi connectivity index (χ4v) is 2.64. The van der Waals surface area contributed by atoms with Crippen LogP contribution in [-0.2, 0) is 6.42 Å². The molecule has 0 aromatic carbocycles. The Morgan fingerprint density at radius 3 is 2.80 bits per heavy atom. The maximum atomic E-state index is 12.4. The average molecular weight is 234 g/mol. The monoisotopic (exact) mass is 234 g/mol. The lowest BCUT2D eigenvalue weighted by molar-refractivity contribution is 0.0956. The highest BCUT2D eigenvalue weighted by molar-refractivity contribution is 7.24. The van der Waals surface area contributed by atoms with Gasteiger partial charge in [0.25, 0.3) is 5.91 Å². The summed E-state index contributed by atoms with van der Waals surface area (Å²) in [6.07, 6.45) is 1.24. The molecule has 2 heterocycles. The number of nitrogens with one attached hydrogen (secondary N) is 1. The minimum absolute atomic E-state index is 0.201. The summed E-state index contributed by atoms with van der Waals surface area (Å²) in [6, 6.07) is 0.973. The van der Waals surface area contributed by atoms with Gasteiger partial charge < -0.3 is 18.3 Å². The third kappa shape index (κ3) is 2.02. The number of thiophene rings is 1. The summed E-state index contributed by atoms with van der Waals surface area (Å²) in [5.41, 5.74) is 0.201. The van der Waals surface area contributed by atoms with Gasteiger partial charge in [0.2, 0.25) is 0 Å². The highest BCUT2D eigenvalue weighted by Crippen LogP contribution is 2.23. The van der Waals surface area contributed by atoms with Crippen LogP contribution in [0.3, 0.4) is 0 Å². The van der Waals surface area contributed by atoms with Gasteiger partial charge in [-0.3, -0.25) is 4.79 Å². The van der Waals surface area contributed by atoms with Crippen LogP contribution in [0.4, 0.5) is 12.9 Å². The van der Waals surface area contributed by atoms with Crippen molar-refractivity contribution < 1.29 is 17.7 Å². The van der Waals surface area contributed by atoms with Gasteiger partial charge >= 0.3 is 6.98 Å². The highest BCUT2D eigenvalue weighted by atomic mass is 32.1. The largest absolute Gasteiger partial charge is 0.519 e. The predicted octanol–water partition coefficient (Wildman–Crippen LogP) is 1.48. The van der Waals surface area contributed by atoms with Crippen molar-refractivity contribution in [3.63, 3.8) is 0 Å². The minimum atomic E-state index is -4.98. The van der Waals surface area contributed by atoms with Crippen molar-refractivity contribution in [2.75, 3.05) is 6.54 Å². The molecule has 1 aromatic rings. The SMILES string of the molecule is O=C1NCCCc2sc([B-](F)(F)F)cc21. The van der Waals surface area contributed by atoms with Gasteiger partial charge in [-0.05, 0) is 12.8 Å². The molecule has 0 atom stereocenters. The van der Waals surface area contributed by atoms with E-state index in [1.807, 2.05) is 0 Å². The Hall–Kier alpha value is -0.975. The molecule has 1 amide bonds. The van der Waals surface area contributed by atoms with Crippen LogP contribution >= 0.6 is 11.3 Å². The molecule has 0 bridgehead atoms. The van der Waals surface area contributed by atoms with Gasteiger partial charge in [-0.2, -0.15) is 11.3 Å². The molecular formula is C8H8BF3NOS-. The Morgan fingerprint density at radius 2 is 2.13 bits per heavy atom. The number of amides is 1. The van der Waals surface area contributed by atoms with Crippen molar-refractivity contribution in [1.29, 1.82) is 0 Å². The van der Waals surface area contributed by atoms with Crippen molar-refractivity contribution in [2.45, 2.75) is 12.8 Å². The lowest BCUT2D eigenvalue weighted by Gasteiger charge is -2.10. The Balaban J connectivity index is 2.42. The lowest BCUT2D eigenvalue weighted by Crippen LogP contribution is -2.31. The summed E-state index contributed by atoms with van der Waals surface area (Å²) in [5.74, 6) is -0.384. The van der Waals surface area contributed by atoms with E-state index < -0.39 is 11.8 Å². The van der Waals surface area contributed by atoms with Crippen molar-refractivity contribution in [1.82, 2.24) is 5.32 Å². The third-order valence-corrected chi connectivity index (χ3v) is 3.55. The highest BCUT2D eigenvalue weighted by Gasteiger charge is 2.30. The number of hydrogen-bond acceptors (Lipinski definition) is 2. The maximum absolute atomic E-state index is 12.4. The third-order valence-electron chi connectivity index (χ3n) is 2.26. The number of fused-ring (bicyclic) bond motifs is 1. The zero-order chi connectivity index (χ0) is 11.1. The average Bonchev–Trinajstić information content (AvgIpc) is 2.49. The Labute approximate surface area is 88.5 Å². The number of hydrogen-bond donors (Lipinski definition) is 1. The Morgan fingerprint density at radius 1 is 1.40 bits per heavy atom. The second-order valence-electron chi connectivity index (χ2n) is 3.42. The van der Waals surface area contributed by atoms with Gasteiger partial charge in [0, 0.05) is 11.4 Å². The van der Waals surface area contributed by atoms with Gasteiger partial charge in [0.05, 0.1) is 5.56 Å². The van der Waals surface area contributed by atoms with Crippen LogP contribution in [0.5, 0.6) is 0 Å². The molecule has 0 saturated heterocycles. The molecule has 15 heavy (non-hydrogen) atoms. The summed E-state index contributed by atoms with van der Waals surface area (Å²) in [4.78, 5) is 11.9. The molecule has 2 nitrogen and oxygen atoms in total. The normalized spacial score (nSPS) is 16.9. The van der Waals surface area contributed by atoms with E-state index in [1.54, 1.807) is 0 Å². The van der Waals surface area contributed by atoms with Crippen LogP contribution in [0.2, 0.25) is 0 Å². The topological polar surface area (TPSA) is 29.1 Å². The van der Waals surface area contributed by atoms with Crippen molar-refractivity contribution in [3.8, 4) is 0 Å². The van der Waals surface area contributed by atoms with E-state index in [4.69, 9.17) is 0 Å². The van der Waals surface area contributed by atoms with E-state index in [0.29, 0.717) is 35.6 Å². The van der Waals surface area contributed by atoms with E-state index in [1.165, 1.54) is 0 Å². The molecule has 2 rings (SSSR count). The molecule has 0 spiro atoms. The van der Waals surface area contributed by atoms with Crippen LogP contribution in [0, 0.1) is 0 Å². The first-order valence-corrected chi connectivity index (χ1v) is 5.41. The molecular weight excluding hydrogens is 226 g/mol. The van der Waals surface area contributed by atoms with Crippen LogP contribution in [-0.4, -0.2) is 19.4 Å². The number of rotatable bonds is 1. The first-order chi connectivity index (χ1) is 6.98. The molecule has 0 saturated carbocycles. The van der Waals surface area contributed by atoms with Crippen LogP contribution in [0.15, 0.2) is 6.07 Å². The summed E-state index contributed by atoms with van der Waals surface area (Å²) < 4.78 is 36.7. The van der Waals surface area contributed by atoms with E-state index in [9.17, 15) is 17.7 Å². The summed E-state index contributed by atoms with van der Waals surface area (Å²) >= 11 is 0.701. The van der Waals surface area contributed by atoms with Gasteiger partial charge in [-0.25, -0.2) is 0 Å². The zero-order valence-electron chi connectivity index (χ0n) is 7.73. The molecule has 1 aliphatic rings. The fraction of sp³-hybridized carbons (Fsp3) is 0.375. The van der Waals surface area contributed by atoms with Crippen molar-refractivity contribution in [3.05, 3.63) is 16.5 Å². The molecule has 1 aliphatic heterocycles. The molecule has 0 unspecified atom stereocenters. The predicted molar refractivity (Wildman–Crippen MR) is 53.7 cm³/mol. The smallest absolute Gasteiger partial charge is 0.444 e. The molecule has 0 radical (unpaired) electrons. The van der Waals surface area contributed by atoms with E-state index in [-0.39, 0.29) is 11.5 Å². The molecule has 0 aliphatic carbocycles. The van der Waals surface area contributed by atoms with Crippen LogP contribution in [0.25, 0.3) is 0 Å². The molecule has 82 valence electrons. The zero-order valence-corrected chi connectivity index (χ0v) is 8.54. The van der Waals surface area contributed by atoms with Gasteiger partial charge in [0.15, 0.2) is 0 Å². The van der Waals surface area contributed by atoms with Crippen LogP contribution < -0.4 is 10.1 Å². The van der Waals surface area contributed by atoms with Gasteiger partial charge in [-0.1, -0.05) is 10.8 Å². The maximum Gasteiger partial charge on any atom is 0.519 e. The standard InChI is InChI=1S/C8H8BF3NOS/c10-9(11,12)7-4-5-6(15-7)2-1-3-13-8(5)14/h4H,1-3H2,(H,13,14)/q-1. The second kappa shape index (κ2) is 3.55. The molecule has 0 fully saturated rings. The van der Waals surface area contributed by atoms with E-state index in [0.717, 1.165) is 6.07 Å². The van der Waals surface area contributed by atoms with Gasteiger partial charge in [-0.15, -0.1) is 0 Å². The minimum Gasteiger partial charge on any atom is -0.444 e. The number of halogens is 3. The quantitative estimate of drug-likeness (QED) is 0.732. The fourth-order valence-electron chi connectivity index (χ4n) is 1.53. The number of carbonyl (C=O) groups excluding carboxylic acids is 1. The number of aryl methyl sites for hydroxylation is 1. The first kappa shape index (κ1) is 10.5. The second-order valence-corrected chi connectivity index (χ2v) is 4.59. The van der Waals surface area contributed by atoms with Crippen LogP contribution in [0.1, 0.15) is 21.7 Å². The van der Waals surface area contributed by atoms with Crippen molar-refractivity contribution >= 4 is 29.0 Å². The first-order valence-electron chi connectivity index (χ1n) is 4.59. The van der Waals surface area contributed by atoms with E-state index in [2.05, 4.69) is 5.32 Å². The molecule has 1 N–H and O–H groups in total. The molecule has 1 aromatic heterocycles. The molecule has 7 heteroatoms. The Kier molecular flexibility index (Phi) is 2.50. The lowest BCUT2D eigenvalue weighted by atomic mass is 9.89. The van der Waals surface area contributed by atoms with Gasteiger partial charge in [0.1, 0.15) is 0 Å². The Bertz CT molecular complexity index is 401. The summed E-state index contributed by atoms with van der Waals surface area (Å²) in [7, 11) is 0. The van der Waals surface area contributed by atoms with Crippen molar-refractivity contribution in [2.24, 2.45) is 0 Å².